The first kappa shape index (κ1) is 33.1. The summed E-state index contributed by atoms with van der Waals surface area (Å²) in [5.41, 5.74) is 6.05. The van der Waals surface area contributed by atoms with Gasteiger partial charge in [0.25, 0.3) is 5.91 Å². The highest BCUT2D eigenvalue weighted by atomic mass is 19.1. The summed E-state index contributed by atoms with van der Waals surface area (Å²) < 4.78 is 15.6. The maximum atomic E-state index is 15.6. The summed E-state index contributed by atoms with van der Waals surface area (Å²) in [6, 6.07) is 2.70. The summed E-state index contributed by atoms with van der Waals surface area (Å²) in [4.78, 5) is 60.4. The van der Waals surface area contributed by atoms with Crippen molar-refractivity contribution in [3.8, 4) is 0 Å². The normalized spacial score (nSPS) is 19.9. The molecule has 240 valence electrons. The minimum atomic E-state index is -0.863. The van der Waals surface area contributed by atoms with E-state index < -0.39 is 35.6 Å². The lowest BCUT2D eigenvalue weighted by atomic mass is 9.88. The summed E-state index contributed by atoms with van der Waals surface area (Å²) in [5, 5.41) is 8.40. The van der Waals surface area contributed by atoms with Gasteiger partial charge in [-0.1, -0.05) is 19.9 Å². The van der Waals surface area contributed by atoms with Crippen molar-refractivity contribution in [3.63, 3.8) is 0 Å². The van der Waals surface area contributed by atoms with E-state index >= 15 is 4.39 Å². The van der Waals surface area contributed by atoms with Crippen molar-refractivity contribution in [2.45, 2.75) is 64.0 Å². The molecule has 0 bridgehead atoms. The first-order valence-electron chi connectivity index (χ1n) is 15.6. The number of halogens is 1. The summed E-state index contributed by atoms with van der Waals surface area (Å²) in [6.07, 6.45) is 6.75. The van der Waals surface area contributed by atoms with E-state index in [0.717, 1.165) is 38.8 Å². The van der Waals surface area contributed by atoms with Crippen LogP contribution in [0.2, 0.25) is 0 Å². The summed E-state index contributed by atoms with van der Waals surface area (Å²) in [6.45, 7) is 6.07. The fourth-order valence-electron chi connectivity index (χ4n) is 6.00. The Morgan fingerprint density at radius 1 is 1.05 bits per heavy atom. The van der Waals surface area contributed by atoms with Crippen LogP contribution in [0.1, 0.15) is 57.4 Å². The van der Waals surface area contributed by atoms with E-state index in [1.54, 1.807) is 24.8 Å². The highest BCUT2D eigenvalue weighted by Gasteiger charge is 2.48. The second-order valence-electron chi connectivity index (χ2n) is 12.2. The number of nitrogens with one attached hydrogen (secondary N) is 3. The van der Waals surface area contributed by atoms with Crippen LogP contribution in [0.5, 0.6) is 0 Å². The molecular formula is C32H46FN7O4. The van der Waals surface area contributed by atoms with Crippen LogP contribution in [-0.4, -0.2) is 91.5 Å². The van der Waals surface area contributed by atoms with Gasteiger partial charge >= 0.3 is 0 Å². The van der Waals surface area contributed by atoms with Gasteiger partial charge in [-0.05, 0) is 80.5 Å². The van der Waals surface area contributed by atoms with Crippen LogP contribution >= 0.6 is 0 Å². The molecule has 1 aromatic rings. The van der Waals surface area contributed by atoms with Gasteiger partial charge in [-0.25, -0.2) is 4.39 Å². The quantitative estimate of drug-likeness (QED) is 0.251. The lowest BCUT2D eigenvalue weighted by Crippen LogP contribution is -2.55. The smallest absolute Gasteiger partial charge is 0.270 e. The van der Waals surface area contributed by atoms with Crippen LogP contribution in [0.25, 0.3) is 0 Å². The van der Waals surface area contributed by atoms with Crippen LogP contribution in [0.4, 0.5) is 10.1 Å². The van der Waals surface area contributed by atoms with Crippen molar-refractivity contribution in [2.24, 2.45) is 28.5 Å². The highest BCUT2D eigenvalue weighted by Crippen LogP contribution is 2.51. The van der Waals surface area contributed by atoms with Gasteiger partial charge in [0.05, 0.1) is 5.69 Å². The summed E-state index contributed by atoms with van der Waals surface area (Å²) >= 11 is 0. The van der Waals surface area contributed by atoms with Gasteiger partial charge in [0.1, 0.15) is 23.6 Å². The van der Waals surface area contributed by atoms with Gasteiger partial charge in [0.2, 0.25) is 17.7 Å². The second-order valence-corrected chi connectivity index (χ2v) is 12.2. The topological polar surface area (TPSA) is 149 Å². The Kier molecular flexibility index (Phi) is 11.1. The molecule has 4 rings (SSSR count). The molecular weight excluding hydrogens is 565 g/mol. The number of carbonyl (C=O) groups excluding carboxylic acids is 4. The number of hydrogen-bond acceptors (Lipinski definition) is 7. The van der Waals surface area contributed by atoms with Crippen molar-refractivity contribution in [2.75, 3.05) is 45.6 Å². The van der Waals surface area contributed by atoms with Crippen molar-refractivity contribution in [1.82, 2.24) is 20.4 Å². The Morgan fingerprint density at radius 2 is 1.68 bits per heavy atom. The average molecular weight is 612 g/mol. The Labute approximate surface area is 258 Å². The molecule has 3 fully saturated rings. The van der Waals surface area contributed by atoms with Gasteiger partial charge < -0.3 is 31.5 Å². The first-order valence-corrected chi connectivity index (χ1v) is 15.6. The molecule has 1 heterocycles. The van der Waals surface area contributed by atoms with Crippen LogP contribution in [-0.2, 0) is 19.2 Å². The van der Waals surface area contributed by atoms with Gasteiger partial charge in [-0.2, -0.15) is 0 Å². The molecule has 2 saturated carbocycles. The molecule has 0 spiro atoms. The van der Waals surface area contributed by atoms with Crippen molar-refractivity contribution < 1.29 is 23.6 Å². The van der Waals surface area contributed by atoms with E-state index in [2.05, 4.69) is 25.8 Å². The molecule has 1 aromatic carbocycles. The minimum absolute atomic E-state index is 0.0266. The Hall–Kier alpha value is -3.80. The monoisotopic (exact) mass is 611 g/mol. The van der Waals surface area contributed by atoms with Gasteiger partial charge in [-0.3, -0.25) is 24.2 Å². The average Bonchev–Trinajstić information content (AvgIpc) is 3.95. The molecule has 0 unspecified atom stereocenters. The molecule has 4 amide bonds. The van der Waals surface area contributed by atoms with E-state index in [0.29, 0.717) is 30.5 Å². The van der Waals surface area contributed by atoms with E-state index in [4.69, 9.17) is 5.73 Å². The fraction of sp³-hybridized carbons (Fsp3) is 0.594. The van der Waals surface area contributed by atoms with Crippen LogP contribution in [0.3, 0.4) is 0 Å². The number of rotatable bonds is 13. The maximum Gasteiger partial charge on any atom is 0.270 e. The van der Waals surface area contributed by atoms with Crippen LogP contribution in [0.15, 0.2) is 35.5 Å². The standard InChI is InChI=1S/C32H46FN7O4/c1-5-26(41)37-28(32(44)40-16-14-39(4)15-17-40)19(2)22-10-11-24(23(33)18-22)36-31(43)29(27(20-6-7-20)21-8-9-21)38-30(42)25(35-3)12-13-34/h10-13,18-21,27-29H,5-9,14-17,34H2,1-4H3,(H,36,43)(H,37,41)(H,38,42)/b13-12-,35-25?/t19-,28+,29-/m0/s1. The third-order valence-corrected chi connectivity index (χ3v) is 9.01. The largest absolute Gasteiger partial charge is 0.405 e. The number of likely N-dealkylation sites (N-methyl/N-ethyl adjacent to an activating group) is 1. The third kappa shape index (κ3) is 8.22. The molecule has 1 saturated heterocycles. The number of benzene rings is 1. The number of carbonyl (C=O) groups is 4. The van der Waals surface area contributed by atoms with Gasteiger partial charge in [0.15, 0.2) is 0 Å². The molecule has 2 aliphatic carbocycles. The third-order valence-electron chi connectivity index (χ3n) is 9.01. The summed E-state index contributed by atoms with van der Waals surface area (Å²) in [7, 11) is 3.46. The predicted octanol–water partition coefficient (Wildman–Crippen LogP) is 2.00. The minimum Gasteiger partial charge on any atom is -0.405 e. The zero-order chi connectivity index (χ0) is 32.0. The first-order chi connectivity index (χ1) is 21.1. The Bertz CT molecular complexity index is 1270. The van der Waals surface area contributed by atoms with Gasteiger partial charge in [0, 0.05) is 45.6 Å². The molecule has 3 aliphatic rings. The molecule has 0 radical (unpaired) electrons. The number of nitrogens with zero attached hydrogens (tertiary/aromatic N) is 3. The molecule has 5 N–H and O–H groups in total. The number of nitrogens with two attached hydrogens (primary N) is 1. The Morgan fingerprint density at radius 3 is 2.20 bits per heavy atom. The van der Waals surface area contributed by atoms with E-state index in [-0.39, 0.29) is 35.6 Å². The fourth-order valence-corrected chi connectivity index (χ4v) is 6.00. The highest BCUT2D eigenvalue weighted by molar-refractivity contribution is 6.43. The second kappa shape index (κ2) is 14.8. The molecule has 0 aromatic heterocycles. The maximum absolute atomic E-state index is 15.6. The van der Waals surface area contributed by atoms with Crippen molar-refractivity contribution in [1.29, 1.82) is 0 Å². The number of amides is 4. The lowest BCUT2D eigenvalue weighted by molar-refractivity contribution is -0.138. The van der Waals surface area contributed by atoms with Crippen molar-refractivity contribution >= 4 is 35.0 Å². The zero-order valence-electron chi connectivity index (χ0n) is 26.1. The zero-order valence-corrected chi connectivity index (χ0v) is 26.1. The van der Waals surface area contributed by atoms with Gasteiger partial charge in [-0.15, -0.1) is 0 Å². The van der Waals surface area contributed by atoms with Crippen molar-refractivity contribution in [3.05, 3.63) is 41.9 Å². The van der Waals surface area contributed by atoms with E-state index in [9.17, 15) is 19.2 Å². The number of aliphatic imine (C=N–C) groups is 1. The summed E-state index contributed by atoms with van der Waals surface area (Å²) in [5.74, 6) is -2.07. The Balaban J connectivity index is 1.53. The van der Waals surface area contributed by atoms with Crippen LogP contribution < -0.4 is 21.7 Å². The lowest BCUT2D eigenvalue weighted by Gasteiger charge is -2.36. The number of hydrogen-bond donors (Lipinski definition) is 4. The van der Waals surface area contributed by atoms with E-state index in [1.165, 1.54) is 31.5 Å². The number of piperazine rings is 1. The molecule has 11 nitrogen and oxygen atoms in total. The molecule has 3 atom stereocenters. The molecule has 12 heteroatoms. The predicted molar refractivity (Wildman–Crippen MR) is 167 cm³/mol. The number of anilines is 1. The molecule has 44 heavy (non-hydrogen) atoms. The van der Waals surface area contributed by atoms with E-state index in [1.807, 2.05) is 7.05 Å². The molecule has 1 aliphatic heterocycles. The van der Waals surface area contributed by atoms with Crippen LogP contribution in [0, 0.1) is 23.6 Å². The SMILES string of the molecule is CCC(=O)N[C@@H](C(=O)N1CCN(C)CC1)[C@@H](C)c1ccc(NC(=O)[C@@H](NC(=O)C(/C=C\N)=NC)C(C2CC2)C2CC2)c(F)c1.